The van der Waals surface area contributed by atoms with Gasteiger partial charge < -0.3 is 25.0 Å². The van der Waals surface area contributed by atoms with Gasteiger partial charge in [0.25, 0.3) is 5.56 Å². The Hall–Kier alpha value is -3.24. The summed E-state index contributed by atoms with van der Waals surface area (Å²) in [6.45, 7) is 2.77. The molecule has 0 radical (unpaired) electrons. The van der Waals surface area contributed by atoms with Crippen molar-refractivity contribution in [2.75, 3.05) is 18.0 Å². The van der Waals surface area contributed by atoms with Crippen LogP contribution in [0.15, 0.2) is 33.9 Å². The average Bonchev–Trinajstić information content (AvgIpc) is 3.13. The van der Waals surface area contributed by atoms with E-state index in [0.717, 1.165) is 10.1 Å². The van der Waals surface area contributed by atoms with Crippen molar-refractivity contribution in [1.82, 2.24) is 13.7 Å². The van der Waals surface area contributed by atoms with Crippen LogP contribution in [0, 0.1) is 0 Å². The molecule has 0 saturated carbocycles. The number of aliphatic hydroxyl groups excluding tert-OH is 1. The van der Waals surface area contributed by atoms with E-state index in [1.807, 2.05) is 23.1 Å². The molecule has 1 saturated heterocycles. The van der Waals surface area contributed by atoms with E-state index >= 15 is 0 Å². The van der Waals surface area contributed by atoms with Crippen molar-refractivity contribution in [3.8, 4) is 0 Å². The minimum absolute atomic E-state index is 0.240. The van der Waals surface area contributed by atoms with E-state index in [1.54, 1.807) is 24.6 Å². The van der Waals surface area contributed by atoms with Crippen molar-refractivity contribution in [1.29, 1.82) is 0 Å². The molecule has 1 aromatic carbocycles. The number of carbonyl (C=O) groups is 1. The molecule has 10 nitrogen and oxygen atoms in total. The Morgan fingerprint density at radius 2 is 1.94 bits per heavy atom. The molecule has 1 fully saturated rings. The zero-order valence-electron chi connectivity index (χ0n) is 19.3. The molecule has 4 rings (SSSR count). The maximum atomic E-state index is 13.4. The summed E-state index contributed by atoms with van der Waals surface area (Å²) in [5.41, 5.74) is 6.17. The Morgan fingerprint density at radius 1 is 1.24 bits per heavy atom. The molecule has 1 aliphatic heterocycles. The van der Waals surface area contributed by atoms with Crippen LogP contribution in [0.1, 0.15) is 37.0 Å². The maximum Gasteiger partial charge on any atom is 0.404 e. The molecule has 182 valence electrons. The fraction of sp³-hybridized carbons (Fsp3) is 0.435. The molecule has 1 amide bonds. The number of hydrogen-bond donors (Lipinski definition) is 2. The summed E-state index contributed by atoms with van der Waals surface area (Å²) < 4.78 is 9.50. The van der Waals surface area contributed by atoms with Gasteiger partial charge in [-0.05, 0) is 31.4 Å². The second-order valence-corrected chi connectivity index (χ2v) is 9.05. The number of ether oxygens (including phenoxy) is 1. The second kappa shape index (κ2) is 9.19. The van der Waals surface area contributed by atoms with Gasteiger partial charge in [-0.2, -0.15) is 0 Å². The van der Waals surface area contributed by atoms with Crippen molar-refractivity contribution < 1.29 is 14.6 Å². The summed E-state index contributed by atoms with van der Waals surface area (Å²) in [4.78, 5) is 39.5. The highest BCUT2D eigenvalue weighted by Crippen LogP contribution is 2.38. The molecule has 2 aromatic heterocycles. The van der Waals surface area contributed by atoms with Crippen molar-refractivity contribution >= 4 is 34.5 Å². The van der Waals surface area contributed by atoms with Crippen molar-refractivity contribution in [2.45, 2.75) is 38.5 Å². The first-order valence-electron chi connectivity index (χ1n) is 11.1. The highest BCUT2D eigenvalue weighted by Gasteiger charge is 2.32. The third kappa shape index (κ3) is 4.07. The van der Waals surface area contributed by atoms with Crippen LogP contribution >= 0.6 is 11.6 Å². The lowest BCUT2D eigenvalue weighted by atomic mass is 10.1. The molecular weight excluding hydrogens is 462 g/mol. The van der Waals surface area contributed by atoms with Gasteiger partial charge in [0.1, 0.15) is 17.4 Å². The summed E-state index contributed by atoms with van der Waals surface area (Å²) in [5.74, 6) is 0.584. The summed E-state index contributed by atoms with van der Waals surface area (Å²) in [6, 6.07) is 7.31. The predicted molar refractivity (Wildman–Crippen MR) is 130 cm³/mol. The van der Waals surface area contributed by atoms with Gasteiger partial charge >= 0.3 is 11.8 Å². The summed E-state index contributed by atoms with van der Waals surface area (Å²) in [6.07, 6.45) is -0.918. The monoisotopic (exact) mass is 489 g/mol. The Labute approximate surface area is 200 Å². The van der Waals surface area contributed by atoms with E-state index in [4.69, 9.17) is 22.1 Å². The van der Waals surface area contributed by atoms with Crippen LogP contribution in [0.4, 0.5) is 10.6 Å². The number of primary amides is 1. The number of aliphatic hydroxyl groups is 1. The number of nitrogens with two attached hydrogens (primary N) is 1. The zero-order chi connectivity index (χ0) is 24.7. The van der Waals surface area contributed by atoms with E-state index in [1.165, 1.54) is 11.6 Å². The van der Waals surface area contributed by atoms with Gasteiger partial charge in [-0.3, -0.25) is 13.9 Å². The van der Waals surface area contributed by atoms with Gasteiger partial charge in [-0.15, -0.1) is 0 Å². The van der Waals surface area contributed by atoms with Gasteiger partial charge in [0.2, 0.25) is 0 Å². The number of amides is 1. The summed E-state index contributed by atoms with van der Waals surface area (Å²) >= 11 is 6.45. The molecule has 1 aliphatic rings. The molecule has 3 aromatic rings. The molecule has 0 spiro atoms. The fourth-order valence-electron chi connectivity index (χ4n) is 4.80. The number of piperidine rings is 1. The van der Waals surface area contributed by atoms with Crippen LogP contribution < -0.4 is 21.9 Å². The third-order valence-corrected chi connectivity index (χ3v) is 6.70. The van der Waals surface area contributed by atoms with E-state index < -0.39 is 29.6 Å². The van der Waals surface area contributed by atoms with Crippen molar-refractivity contribution in [3.05, 3.63) is 61.3 Å². The van der Waals surface area contributed by atoms with E-state index in [2.05, 4.69) is 0 Å². The molecular formula is C23H28ClN5O5. The Morgan fingerprint density at radius 3 is 2.59 bits per heavy atom. The van der Waals surface area contributed by atoms with Crippen LogP contribution in [0.5, 0.6) is 0 Å². The van der Waals surface area contributed by atoms with Gasteiger partial charge in [0.15, 0.2) is 0 Å². The number of benzene rings is 1. The first-order chi connectivity index (χ1) is 16.1. The number of aryl methyl sites for hydroxylation is 1. The molecule has 1 unspecified atom stereocenters. The summed E-state index contributed by atoms with van der Waals surface area (Å²) in [7, 11) is 3.01. The maximum absolute atomic E-state index is 13.4. The number of rotatable bonds is 5. The van der Waals surface area contributed by atoms with E-state index in [0.29, 0.717) is 47.9 Å². The minimum Gasteiger partial charge on any atom is -0.445 e. The molecule has 2 atom stereocenters. The predicted octanol–water partition coefficient (Wildman–Crippen LogP) is 1.86. The number of anilines is 1. The van der Waals surface area contributed by atoms with Crippen LogP contribution in [-0.2, 0) is 25.4 Å². The molecule has 3 heterocycles. The number of halogens is 1. The fourth-order valence-corrected chi connectivity index (χ4v) is 5.00. The van der Waals surface area contributed by atoms with E-state index in [9.17, 15) is 19.5 Å². The number of hydrogen-bond acceptors (Lipinski definition) is 6. The molecule has 34 heavy (non-hydrogen) atoms. The number of fused-ring (bicyclic) bond motifs is 1. The Balaban J connectivity index is 2.04. The van der Waals surface area contributed by atoms with Gasteiger partial charge in [-0.25, -0.2) is 9.59 Å². The highest BCUT2D eigenvalue weighted by molar-refractivity contribution is 6.31. The number of nitrogens with zero attached hydrogens (tertiary/aromatic N) is 4. The Kier molecular flexibility index (Phi) is 6.46. The molecule has 0 aliphatic carbocycles. The zero-order valence-corrected chi connectivity index (χ0v) is 20.1. The second-order valence-electron chi connectivity index (χ2n) is 8.64. The smallest absolute Gasteiger partial charge is 0.404 e. The van der Waals surface area contributed by atoms with Gasteiger partial charge in [0.05, 0.1) is 24.7 Å². The number of aromatic nitrogens is 3. The molecule has 11 heteroatoms. The summed E-state index contributed by atoms with van der Waals surface area (Å²) in [5, 5.41) is 11.4. The van der Waals surface area contributed by atoms with Crippen molar-refractivity contribution in [2.24, 2.45) is 19.8 Å². The van der Waals surface area contributed by atoms with Crippen molar-refractivity contribution in [3.63, 3.8) is 0 Å². The van der Waals surface area contributed by atoms with Crippen LogP contribution in [0.3, 0.4) is 0 Å². The minimum atomic E-state index is -0.986. The lowest BCUT2D eigenvalue weighted by Gasteiger charge is -2.35. The first kappa shape index (κ1) is 23.9. The van der Waals surface area contributed by atoms with E-state index in [-0.39, 0.29) is 12.1 Å². The third-order valence-electron chi connectivity index (χ3n) is 6.33. The lowest BCUT2D eigenvalue weighted by Crippen LogP contribution is -2.42. The first-order valence-corrected chi connectivity index (χ1v) is 11.4. The van der Waals surface area contributed by atoms with Crippen LogP contribution in [-0.4, -0.2) is 44.1 Å². The molecule has 3 N–H and O–H groups in total. The van der Waals surface area contributed by atoms with Crippen LogP contribution in [0.2, 0.25) is 5.02 Å². The van der Waals surface area contributed by atoms with Gasteiger partial charge in [-0.1, -0.05) is 29.8 Å². The molecule has 0 bridgehead atoms. The van der Waals surface area contributed by atoms with Gasteiger partial charge in [0, 0.05) is 31.2 Å². The normalized spacial score (nSPS) is 17.2. The lowest BCUT2D eigenvalue weighted by molar-refractivity contribution is 0.0961. The SMILES string of the molecule is CC(O)c1c(N2CCC[C@@H](OC(N)=O)C2)n(Cc2ccccc2Cl)c2c(=O)n(C)c(=O)n(C)c12. The highest BCUT2D eigenvalue weighted by atomic mass is 35.5. The largest absolute Gasteiger partial charge is 0.445 e. The van der Waals surface area contributed by atoms with Crippen LogP contribution in [0.25, 0.3) is 11.0 Å². The quantitative estimate of drug-likeness (QED) is 0.563. The number of carbonyl (C=O) groups excluding carboxylic acids is 1. The Bertz CT molecular complexity index is 1370. The average molecular weight is 490 g/mol. The standard InChI is InChI=1S/C23H28ClN5O5/c1-13(30)17-18-19(21(31)27(3)23(33)26(18)2)29(11-14-7-4-5-9-16(14)24)20(17)28-10-6-8-15(12-28)34-22(25)32/h4-5,7,9,13,15,30H,6,8,10-12H2,1-3H3,(H2,25,32)/t13?,15-/m1/s1. The topological polar surface area (TPSA) is 125 Å².